The molecule has 0 N–H and O–H groups in total. The summed E-state index contributed by atoms with van der Waals surface area (Å²) in [5.74, 6) is 0. The average molecular weight is 1660 g/mol. The number of halogens is 4. The first-order valence-corrected chi connectivity index (χ1v) is 40.8. The second-order valence-electron chi connectivity index (χ2n) is 22.2. The summed E-state index contributed by atoms with van der Waals surface area (Å²) in [5, 5.41) is 66.4. The highest BCUT2D eigenvalue weighted by Crippen LogP contribution is 2.21. The minimum atomic E-state index is -3.17. The molecule has 16 rings (SSSR count). The molecule has 0 unspecified atom stereocenters. The third-order valence-corrected chi connectivity index (χ3v) is 22.1. The molecule has 16 nitrogen and oxygen atoms in total. The predicted octanol–water partition coefficient (Wildman–Crippen LogP) is 9.64. The fourth-order valence-corrected chi connectivity index (χ4v) is 17.2. The third kappa shape index (κ3) is 32.7. The molecule has 8 heterocycles. The molecule has 112 heavy (non-hydrogen) atoms. The summed E-state index contributed by atoms with van der Waals surface area (Å²) in [7, 11) is -12.7. The van der Waals surface area contributed by atoms with Crippen molar-refractivity contribution >= 4 is 202 Å². The van der Waals surface area contributed by atoms with Crippen molar-refractivity contribution in [3.8, 4) is 0 Å². The lowest BCUT2D eigenvalue weighted by Crippen LogP contribution is -2.39. The fourth-order valence-electron chi connectivity index (χ4n) is 10.0. The van der Waals surface area contributed by atoms with Crippen LogP contribution in [0.25, 0.3) is 81.7 Å². The first-order chi connectivity index (χ1) is 54.2. The molecular weight excluding hydrogens is 1580 g/mol. The van der Waals surface area contributed by atoms with Gasteiger partial charge in [-0.1, -0.05) is 240 Å². The van der Waals surface area contributed by atoms with Crippen molar-refractivity contribution < 1.29 is 94.0 Å². The minimum Gasteiger partial charge on any atom is -0.867 e. The van der Waals surface area contributed by atoms with Gasteiger partial charge in [0.25, 0.3) is 0 Å². The van der Waals surface area contributed by atoms with Crippen LogP contribution < -0.4 is 76.7 Å². The molecule has 0 aliphatic heterocycles. The zero-order chi connectivity index (χ0) is 81.4. The van der Waals surface area contributed by atoms with E-state index in [2.05, 4.69) is 327 Å². The number of hydrogen-bond donors (Lipinski definition) is 0. The molecular formula is C80H80B4F4N8O8S8. The van der Waals surface area contributed by atoms with Crippen molar-refractivity contribution in [2.45, 2.75) is 52.4 Å². The predicted molar refractivity (Wildman–Crippen MR) is 445 cm³/mol. The van der Waals surface area contributed by atoms with E-state index in [-0.39, 0.29) is 0 Å². The second kappa shape index (κ2) is 53.4. The van der Waals surface area contributed by atoms with E-state index in [4.69, 9.17) is 40.2 Å². The van der Waals surface area contributed by atoms with Gasteiger partial charge in [-0.3, -0.25) is 0 Å². The van der Waals surface area contributed by atoms with E-state index < -0.39 is 29.6 Å². The number of benzene rings is 8. The summed E-state index contributed by atoms with van der Waals surface area (Å²) in [4.78, 5) is 0. The Morgan fingerprint density at radius 2 is 0.295 bits per heavy atom. The Hall–Kier alpha value is -9.54. The van der Waals surface area contributed by atoms with E-state index in [1.807, 2.05) is 48.6 Å². The number of nitrogens with zero attached hydrogens (tertiary/aromatic N) is 8. The van der Waals surface area contributed by atoms with Gasteiger partial charge in [-0.25, -0.2) is 0 Å². The molecule has 0 radical (unpaired) electrons. The van der Waals surface area contributed by atoms with Gasteiger partial charge in [0.2, 0.25) is 88.2 Å². The summed E-state index contributed by atoms with van der Waals surface area (Å²) >= 11 is 14.2. The molecule has 0 aliphatic rings. The first kappa shape index (κ1) is 93.1. The molecule has 0 aliphatic carbocycles. The number of hydrogen-bond acceptors (Lipinski definition) is 16. The number of aromatic nitrogens is 8. The van der Waals surface area contributed by atoms with Gasteiger partial charge >= 0.3 is 0 Å². The van der Waals surface area contributed by atoms with E-state index in [9.17, 15) is 17.3 Å². The van der Waals surface area contributed by atoms with E-state index >= 15 is 0 Å². The van der Waals surface area contributed by atoms with Crippen LogP contribution in [0.4, 0.5) is 17.3 Å². The Bertz CT molecular complexity index is 4470. The maximum atomic E-state index is 9.89. The van der Waals surface area contributed by atoms with Crippen LogP contribution in [0.1, 0.15) is 0 Å². The molecule has 8 aromatic carbocycles. The van der Waals surface area contributed by atoms with Crippen molar-refractivity contribution in [2.75, 3.05) is 0 Å². The first-order valence-electron chi connectivity index (χ1n) is 33.8. The molecule has 0 saturated heterocycles. The lowest BCUT2D eigenvalue weighted by molar-refractivity contribution is -0.656. The normalized spacial score (nSPS) is 9.82. The highest BCUT2D eigenvalue weighted by atomic mass is 32.1. The van der Waals surface area contributed by atoms with Crippen LogP contribution in [0.3, 0.4) is 0 Å². The summed E-state index contributed by atoms with van der Waals surface area (Å²) in [6.45, 7) is 37.0. The summed E-state index contributed by atoms with van der Waals surface area (Å²) in [6.07, 6.45) is 15.3. The Kier molecular flexibility index (Phi) is 44.4. The Balaban J connectivity index is 0.000000223. The summed E-state index contributed by atoms with van der Waals surface area (Å²) in [6, 6.07) is 67.2. The fraction of sp³-hybridized carbons (Fsp3) is 0.100. The highest BCUT2D eigenvalue weighted by molar-refractivity contribution is 7.18. The van der Waals surface area contributed by atoms with Crippen molar-refractivity contribution in [1.29, 1.82) is 0 Å². The van der Waals surface area contributed by atoms with Gasteiger partial charge in [-0.15, -0.1) is 0 Å². The van der Waals surface area contributed by atoms with Crippen LogP contribution in [0.15, 0.2) is 339 Å². The van der Waals surface area contributed by atoms with Gasteiger partial charge in [-0.05, 0) is 97.1 Å². The molecule has 8 aromatic heterocycles. The quantitative estimate of drug-likeness (QED) is 0.0392. The maximum absolute atomic E-state index is 9.89. The average Bonchev–Trinajstić information content (AvgIpc) is 1.77. The van der Waals surface area contributed by atoms with Crippen LogP contribution >= 0.6 is 90.7 Å². The van der Waals surface area contributed by atoms with Crippen LogP contribution in [-0.2, 0) is 52.4 Å². The molecule has 0 bridgehead atoms. The Morgan fingerprint density at radius 1 is 0.205 bits per heavy atom. The summed E-state index contributed by atoms with van der Waals surface area (Å²) in [5.41, 5.74) is 27.4. The van der Waals surface area contributed by atoms with Crippen molar-refractivity contribution in [1.82, 2.24) is 0 Å². The third-order valence-electron chi connectivity index (χ3n) is 14.5. The molecule has 576 valence electrons. The standard InChI is InChI=1S/8C10H10NS.4BFO2/c8*1-2-7-11-8-12-10-6-4-3-5-9(10)11;4*2-1(3)4/h8*2-6,8H,1,7H2;;;;/q8*+1;4*-2. The topological polar surface area (TPSA) is 216 Å². The van der Waals surface area contributed by atoms with Gasteiger partial charge in [0, 0.05) is 48.5 Å². The van der Waals surface area contributed by atoms with Gasteiger partial charge < -0.3 is 57.5 Å². The molecule has 0 saturated carbocycles. The zero-order valence-electron chi connectivity index (χ0n) is 61.0. The van der Waals surface area contributed by atoms with Crippen LogP contribution in [-0.4, -0.2) is 29.6 Å². The molecule has 0 spiro atoms. The largest absolute Gasteiger partial charge is 0.867 e. The number of para-hydroxylation sites is 8. The lowest BCUT2D eigenvalue weighted by atomic mass is 10.3. The monoisotopic (exact) mass is 1660 g/mol. The number of rotatable bonds is 16. The Labute approximate surface area is 682 Å². The van der Waals surface area contributed by atoms with E-state index in [1.54, 1.807) is 90.7 Å². The number of allylic oxidation sites excluding steroid dienone is 8. The van der Waals surface area contributed by atoms with Gasteiger partial charge in [0.1, 0.15) is 67.2 Å². The number of thiazole rings is 8. The molecule has 0 amide bonds. The van der Waals surface area contributed by atoms with Crippen LogP contribution in [0, 0.1) is 0 Å². The van der Waals surface area contributed by atoms with Gasteiger partial charge in [0.15, 0.2) is 52.4 Å². The number of fused-ring (bicyclic) bond motifs is 8. The molecule has 32 heteroatoms. The van der Waals surface area contributed by atoms with E-state index in [1.165, 1.54) is 81.7 Å². The molecule has 16 aromatic rings. The Morgan fingerprint density at radius 3 is 0.384 bits per heavy atom. The van der Waals surface area contributed by atoms with Crippen LogP contribution in [0.5, 0.6) is 0 Å². The minimum absolute atomic E-state index is 0.893. The smallest absolute Gasteiger partial charge is 0.226 e. The van der Waals surface area contributed by atoms with Crippen molar-refractivity contribution in [2.24, 2.45) is 0 Å². The summed E-state index contributed by atoms with van der Waals surface area (Å²) < 4.78 is 67.8. The molecule has 0 fully saturated rings. The molecule has 0 atom stereocenters. The van der Waals surface area contributed by atoms with Gasteiger partial charge in [-0.2, -0.15) is 36.5 Å². The highest BCUT2D eigenvalue weighted by Gasteiger charge is 2.14. The van der Waals surface area contributed by atoms with Crippen molar-refractivity contribution in [3.63, 3.8) is 0 Å². The maximum Gasteiger partial charge on any atom is 0.226 e. The van der Waals surface area contributed by atoms with Crippen LogP contribution in [0.2, 0.25) is 0 Å². The SMILES string of the molecule is C=CC[n+]1csc2ccccc21.C=CC[n+]1csc2ccccc21.C=CC[n+]1csc2ccccc21.C=CC[n+]1csc2ccccc21.C=CC[n+]1csc2ccccc21.C=CC[n+]1csc2ccccc21.C=CC[n+]1csc2ccccc21.C=CC[n+]1csc2ccccc21.[O-]B([O-])F.[O-]B([O-])F.[O-]B([O-])F.[O-]B([O-])F. The van der Waals surface area contributed by atoms with Crippen molar-refractivity contribution in [3.05, 3.63) is 339 Å². The lowest BCUT2D eigenvalue weighted by Gasteiger charge is -2.09. The van der Waals surface area contributed by atoms with Gasteiger partial charge in [0.05, 0.1) is 0 Å². The zero-order valence-corrected chi connectivity index (χ0v) is 67.5. The van der Waals surface area contributed by atoms with E-state index in [0.29, 0.717) is 0 Å². The second-order valence-corrected chi connectivity index (χ2v) is 29.2. The van der Waals surface area contributed by atoms with E-state index in [0.717, 1.165) is 52.4 Å².